The van der Waals surface area contributed by atoms with Gasteiger partial charge in [-0.1, -0.05) is 62.4 Å². The summed E-state index contributed by atoms with van der Waals surface area (Å²) < 4.78 is 5.91. The van der Waals surface area contributed by atoms with Crippen molar-refractivity contribution in [1.82, 2.24) is 25.4 Å². The second-order valence-corrected chi connectivity index (χ2v) is 13.2. The van der Waals surface area contributed by atoms with E-state index in [9.17, 15) is 24.6 Å². The molecule has 2 amide bonds. The highest BCUT2D eigenvalue weighted by Gasteiger charge is 2.41. The van der Waals surface area contributed by atoms with Crippen molar-refractivity contribution in [3.63, 3.8) is 0 Å². The van der Waals surface area contributed by atoms with Gasteiger partial charge in [-0.2, -0.15) is 0 Å². The van der Waals surface area contributed by atoms with Gasteiger partial charge in [-0.05, 0) is 32.0 Å². The summed E-state index contributed by atoms with van der Waals surface area (Å²) in [7, 11) is 5.36. The van der Waals surface area contributed by atoms with E-state index in [-0.39, 0.29) is 25.2 Å². The number of nitrogens with one attached hydrogen (secondary N) is 2. The van der Waals surface area contributed by atoms with Gasteiger partial charge in [-0.3, -0.25) is 14.9 Å². The van der Waals surface area contributed by atoms with E-state index in [0.29, 0.717) is 37.1 Å². The lowest BCUT2D eigenvalue weighted by Gasteiger charge is -2.36. The molecule has 3 rings (SSSR count). The van der Waals surface area contributed by atoms with Gasteiger partial charge in [-0.25, -0.2) is 9.78 Å². The number of hydrogen-bond acceptors (Lipinski definition) is 10. The number of carbonyl (C=O) groups excluding carboxylic acids is 3. The fourth-order valence-corrected chi connectivity index (χ4v) is 6.27. The molecule has 1 aliphatic carbocycles. The minimum Gasteiger partial charge on any atom is -0.420 e. The molecule has 46 heavy (non-hydrogen) atoms. The predicted octanol–water partition coefficient (Wildman–Crippen LogP) is 2.61. The summed E-state index contributed by atoms with van der Waals surface area (Å²) in [5, 5.41) is 29.6. The van der Waals surface area contributed by atoms with Crippen LogP contribution in [0.25, 0.3) is 0 Å². The first-order valence-corrected chi connectivity index (χ1v) is 16.8. The Bertz CT molecular complexity index is 1250. The zero-order chi connectivity index (χ0) is 33.5. The number of ether oxygens (including phenoxy) is 1. The van der Waals surface area contributed by atoms with Crippen molar-refractivity contribution in [2.75, 3.05) is 34.2 Å². The summed E-state index contributed by atoms with van der Waals surface area (Å²) in [5.74, 6) is 2.12. The van der Waals surface area contributed by atoms with Crippen molar-refractivity contribution >= 4 is 29.6 Å². The molecule has 1 saturated carbocycles. The maximum atomic E-state index is 14.1. The number of carbonyl (C=O) groups is 3. The fraction of sp³-hybridized carbons (Fsp3) is 0.588. The zero-order valence-corrected chi connectivity index (χ0v) is 28.0. The predicted molar refractivity (Wildman–Crippen MR) is 178 cm³/mol. The van der Waals surface area contributed by atoms with Crippen molar-refractivity contribution < 1.29 is 29.3 Å². The molecular formula is C34H49N5O6S. The molecule has 0 spiro atoms. The minimum absolute atomic E-state index is 0.0412. The average Bonchev–Trinajstić information content (AvgIpc) is 3.56. The van der Waals surface area contributed by atoms with Gasteiger partial charge in [0.25, 0.3) is 0 Å². The zero-order valence-electron chi connectivity index (χ0n) is 27.1. The van der Waals surface area contributed by atoms with E-state index in [1.807, 2.05) is 49.3 Å². The van der Waals surface area contributed by atoms with Gasteiger partial charge >= 0.3 is 6.09 Å². The standard InChI is InChI=1S/C34H49N5O6S/c1-5-12-30(41)31(42)28(19-25-13-8-6-9-14-25)36-32(43)29(20-27-22-46-24-35-27)37-34(23-40,21-26-15-10-7-11-16-26)45-33(44)39(4)18-17-38(2)3/h1,7,10-11,15-16,22-25,28-31,37,41-42H,6,8-9,12-14,17-21H2,2-4H3,(H,36,43)/t28-,29-,30+,31-,34-/m1/s1. The SMILES string of the molecule is C#CC[C@H](O)[C@H](O)[C@@H](CC1CCCCC1)NC(=O)[C@@H](Cc1cscn1)N[C@](C=O)(Cc1ccccc1)OC(=O)N(C)CCN(C)C. The van der Waals surface area contributed by atoms with Gasteiger partial charge in [0, 0.05) is 44.8 Å². The van der Waals surface area contributed by atoms with Crippen LogP contribution in [0, 0.1) is 18.3 Å². The number of thiazole rings is 1. The maximum absolute atomic E-state index is 14.1. The number of hydrogen-bond donors (Lipinski definition) is 4. The van der Waals surface area contributed by atoms with Crippen LogP contribution in [0.3, 0.4) is 0 Å². The number of benzene rings is 1. The van der Waals surface area contributed by atoms with E-state index < -0.39 is 42.0 Å². The van der Waals surface area contributed by atoms with Crippen LogP contribution in [0.1, 0.15) is 56.2 Å². The Kier molecular flexibility index (Phi) is 15.1. The van der Waals surface area contributed by atoms with Gasteiger partial charge in [0.05, 0.1) is 29.4 Å². The molecule has 12 heteroatoms. The number of nitrogens with zero attached hydrogens (tertiary/aromatic N) is 3. The first kappa shape index (κ1) is 37.1. The molecule has 252 valence electrons. The van der Waals surface area contributed by atoms with Crippen LogP contribution >= 0.6 is 11.3 Å². The van der Waals surface area contributed by atoms with E-state index >= 15 is 0 Å². The third kappa shape index (κ3) is 11.8. The van der Waals surface area contributed by atoms with Crippen LogP contribution in [0.2, 0.25) is 0 Å². The van der Waals surface area contributed by atoms with Gasteiger partial charge in [-0.15, -0.1) is 23.7 Å². The van der Waals surface area contributed by atoms with Crippen LogP contribution in [-0.2, 0) is 27.2 Å². The molecule has 0 radical (unpaired) electrons. The molecular weight excluding hydrogens is 606 g/mol. The number of aldehydes is 1. The highest BCUT2D eigenvalue weighted by Crippen LogP contribution is 2.29. The van der Waals surface area contributed by atoms with Crippen LogP contribution in [-0.4, -0.2) is 108 Å². The summed E-state index contributed by atoms with van der Waals surface area (Å²) in [5.41, 5.74) is 1.04. The average molecular weight is 656 g/mol. The number of likely N-dealkylation sites (N-methyl/N-ethyl adjacent to an activating group) is 2. The topological polar surface area (TPSA) is 144 Å². The molecule has 1 aromatic heterocycles. The summed E-state index contributed by atoms with van der Waals surface area (Å²) in [4.78, 5) is 48.1. The molecule has 0 unspecified atom stereocenters. The minimum atomic E-state index is -1.91. The Morgan fingerprint density at radius 1 is 1.17 bits per heavy atom. The normalized spacial score (nSPS) is 17.6. The summed E-state index contributed by atoms with van der Waals surface area (Å²) in [6, 6.07) is 7.19. The quantitative estimate of drug-likeness (QED) is 0.108. The number of aliphatic hydroxyl groups is 2. The van der Waals surface area contributed by atoms with Crippen molar-refractivity contribution in [3.05, 3.63) is 52.5 Å². The lowest BCUT2D eigenvalue weighted by Crippen LogP contribution is -2.63. The lowest BCUT2D eigenvalue weighted by atomic mass is 9.82. The third-order valence-electron chi connectivity index (χ3n) is 8.37. The second kappa shape index (κ2) is 18.7. The van der Waals surface area contributed by atoms with Gasteiger partial charge in [0.15, 0.2) is 6.29 Å². The van der Waals surface area contributed by atoms with Crippen molar-refractivity contribution in [2.24, 2.45) is 5.92 Å². The highest BCUT2D eigenvalue weighted by molar-refractivity contribution is 7.07. The second-order valence-electron chi connectivity index (χ2n) is 12.5. The van der Waals surface area contributed by atoms with E-state index in [4.69, 9.17) is 11.2 Å². The lowest BCUT2D eigenvalue weighted by molar-refractivity contribution is -0.135. The highest BCUT2D eigenvalue weighted by atomic mass is 32.1. The molecule has 0 bridgehead atoms. The van der Waals surface area contributed by atoms with E-state index in [1.54, 1.807) is 17.9 Å². The molecule has 1 heterocycles. The van der Waals surface area contributed by atoms with Gasteiger partial charge < -0.3 is 30.1 Å². The van der Waals surface area contributed by atoms with Crippen LogP contribution < -0.4 is 10.6 Å². The summed E-state index contributed by atoms with van der Waals surface area (Å²) >= 11 is 1.37. The molecule has 1 aromatic carbocycles. The molecule has 11 nitrogen and oxygen atoms in total. The first-order valence-electron chi connectivity index (χ1n) is 15.9. The summed E-state index contributed by atoms with van der Waals surface area (Å²) in [6.45, 7) is 0.937. The van der Waals surface area contributed by atoms with Crippen LogP contribution in [0.5, 0.6) is 0 Å². The Hall–Kier alpha value is -3.34. The molecule has 0 saturated heterocycles. The van der Waals surface area contributed by atoms with E-state index in [1.165, 1.54) is 16.2 Å². The number of aromatic nitrogens is 1. The molecule has 2 aromatic rings. The smallest absolute Gasteiger partial charge is 0.411 e. The Morgan fingerprint density at radius 3 is 2.50 bits per heavy atom. The van der Waals surface area contributed by atoms with E-state index in [2.05, 4.69) is 21.5 Å². The van der Waals surface area contributed by atoms with Crippen molar-refractivity contribution in [3.8, 4) is 12.3 Å². The molecule has 1 fully saturated rings. The summed E-state index contributed by atoms with van der Waals surface area (Å²) in [6.07, 6.45) is 8.32. The monoisotopic (exact) mass is 655 g/mol. The number of amides is 2. The molecule has 0 aliphatic heterocycles. The molecule has 1 aliphatic rings. The fourth-order valence-electron chi connectivity index (χ4n) is 5.70. The number of rotatable bonds is 18. The first-order chi connectivity index (χ1) is 22.1. The Labute approximate surface area is 276 Å². The van der Waals surface area contributed by atoms with Crippen molar-refractivity contribution in [1.29, 1.82) is 0 Å². The Balaban J connectivity index is 1.93. The molecule has 5 atom stereocenters. The third-order valence-corrected chi connectivity index (χ3v) is 9.00. The van der Waals surface area contributed by atoms with E-state index in [0.717, 1.165) is 32.1 Å². The van der Waals surface area contributed by atoms with Crippen LogP contribution in [0.15, 0.2) is 41.2 Å². The molecule has 4 N–H and O–H groups in total. The number of aliphatic hydroxyl groups excluding tert-OH is 2. The van der Waals surface area contributed by atoms with Crippen LogP contribution in [0.4, 0.5) is 4.79 Å². The van der Waals surface area contributed by atoms with Crippen molar-refractivity contribution in [2.45, 2.75) is 87.8 Å². The van der Waals surface area contributed by atoms with Gasteiger partial charge in [0.2, 0.25) is 11.6 Å². The Morgan fingerprint density at radius 2 is 1.89 bits per heavy atom. The number of terminal acetylenes is 1. The van der Waals surface area contributed by atoms with Gasteiger partial charge in [0.1, 0.15) is 6.10 Å². The largest absolute Gasteiger partial charge is 0.420 e. The maximum Gasteiger partial charge on any atom is 0.411 e.